The Hall–Kier alpha value is -1.83. The molecule has 0 aliphatic carbocycles. The fourth-order valence-electron chi connectivity index (χ4n) is 1.88. The lowest BCUT2D eigenvalue weighted by molar-refractivity contribution is 0.601. The first-order chi connectivity index (χ1) is 9.95. The maximum Gasteiger partial charge on any atom is 0.261 e. The van der Waals surface area contributed by atoms with Gasteiger partial charge in [-0.1, -0.05) is 41.1 Å². The minimum absolute atomic E-state index is 0.185. The van der Waals surface area contributed by atoms with Crippen molar-refractivity contribution < 1.29 is 8.42 Å². The van der Waals surface area contributed by atoms with Crippen LogP contribution in [0.2, 0.25) is 5.02 Å². The largest absolute Gasteiger partial charge is 0.375 e. The van der Waals surface area contributed by atoms with Crippen LogP contribution >= 0.6 is 22.9 Å². The number of nitrogen functional groups attached to an aromatic ring is 1. The second-order valence-electron chi connectivity index (χ2n) is 4.28. The molecule has 0 saturated carbocycles. The van der Waals surface area contributed by atoms with E-state index in [9.17, 15) is 8.42 Å². The molecule has 3 N–H and O–H groups in total. The molecule has 0 atom stereocenters. The number of thiazole rings is 1. The quantitative estimate of drug-likeness (QED) is 0.766. The Kier molecular flexibility index (Phi) is 3.48. The van der Waals surface area contributed by atoms with Gasteiger partial charge in [0.1, 0.15) is 5.52 Å². The van der Waals surface area contributed by atoms with Crippen LogP contribution in [0.25, 0.3) is 10.2 Å². The van der Waals surface area contributed by atoms with Gasteiger partial charge < -0.3 is 5.73 Å². The standard InChI is InChI=1S/C13H10ClN3O2S2/c14-10-6-8(7-11-12(10)16-13(15)20-11)17-21(18,19)9-4-2-1-3-5-9/h1-7,17H,(H2,15,16). The van der Waals surface area contributed by atoms with Gasteiger partial charge in [-0.15, -0.1) is 0 Å². The Labute approximate surface area is 130 Å². The molecule has 8 heteroatoms. The van der Waals surface area contributed by atoms with Crippen LogP contribution in [0.1, 0.15) is 0 Å². The molecule has 0 aliphatic rings. The molecule has 2 aromatic carbocycles. The molecule has 0 spiro atoms. The lowest BCUT2D eigenvalue weighted by Crippen LogP contribution is -2.12. The normalized spacial score (nSPS) is 11.7. The van der Waals surface area contributed by atoms with Crippen LogP contribution in [0.3, 0.4) is 0 Å². The van der Waals surface area contributed by atoms with Gasteiger partial charge in [0.15, 0.2) is 5.13 Å². The van der Waals surface area contributed by atoms with Crippen LogP contribution in [-0.2, 0) is 10.0 Å². The van der Waals surface area contributed by atoms with Gasteiger partial charge in [-0.2, -0.15) is 0 Å². The van der Waals surface area contributed by atoms with Gasteiger partial charge in [0.25, 0.3) is 10.0 Å². The van der Waals surface area contributed by atoms with Crippen molar-refractivity contribution in [2.45, 2.75) is 4.90 Å². The number of benzene rings is 2. The third kappa shape index (κ3) is 2.80. The summed E-state index contributed by atoms with van der Waals surface area (Å²) in [6, 6.07) is 11.3. The molecular formula is C13H10ClN3O2S2. The van der Waals surface area contributed by atoms with Crippen LogP contribution < -0.4 is 10.5 Å². The minimum Gasteiger partial charge on any atom is -0.375 e. The summed E-state index contributed by atoms with van der Waals surface area (Å²) in [5.74, 6) is 0. The summed E-state index contributed by atoms with van der Waals surface area (Å²) in [6.07, 6.45) is 0. The number of nitrogens with zero attached hydrogens (tertiary/aromatic N) is 1. The van der Waals surface area contributed by atoms with E-state index in [1.54, 1.807) is 24.3 Å². The van der Waals surface area contributed by atoms with Crippen LogP contribution in [0.5, 0.6) is 0 Å². The lowest BCUT2D eigenvalue weighted by Gasteiger charge is -2.08. The van der Waals surface area contributed by atoms with Crippen molar-refractivity contribution in [3.05, 3.63) is 47.5 Å². The number of fused-ring (bicyclic) bond motifs is 1. The van der Waals surface area contributed by atoms with Crippen LogP contribution in [-0.4, -0.2) is 13.4 Å². The number of nitrogens with one attached hydrogen (secondary N) is 1. The van der Waals surface area contributed by atoms with Crippen molar-refractivity contribution in [2.75, 3.05) is 10.5 Å². The van der Waals surface area contributed by atoms with E-state index in [0.717, 1.165) is 4.70 Å². The molecule has 21 heavy (non-hydrogen) atoms. The van der Waals surface area contributed by atoms with Gasteiger partial charge in [0.05, 0.1) is 20.3 Å². The van der Waals surface area contributed by atoms with Gasteiger partial charge in [0.2, 0.25) is 0 Å². The first-order valence-electron chi connectivity index (χ1n) is 5.89. The number of hydrogen-bond donors (Lipinski definition) is 2. The molecule has 0 fully saturated rings. The van der Waals surface area contributed by atoms with Gasteiger partial charge in [0, 0.05) is 0 Å². The molecule has 108 valence electrons. The molecule has 0 unspecified atom stereocenters. The van der Waals surface area contributed by atoms with Crippen molar-refractivity contribution in [3.63, 3.8) is 0 Å². The number of anilines is 2. The topological polar surface area (TPSA) is 85.1 Å². The first kappa shape index (κ1) is 14.1. The second-order valence-corrected chi connectivity index (χ2v) is 7.43. The zero-order valence-corrected chi connectivity index (χ0v) is 13.0. The second kappa shape index (κ2) is 5.18. The number of hydrogen-bond acceptors (Lipinski definition) is 5. The maximum absolute atomic E-state index is 12.3. The highest BCUT2D eigenvalue weighted by atomic mass is 35.5. The summed E-state index contributed by atoms with van der Waals surface area (Å²) in [7, 11) is -3.65. The monoisotopic (exact) mass is 339 g/mol. The Morgan fingerprint density at radius 2 is 1.90 bits per heavy atom. The van der Waals surface area contributed by atoms with Gasteiger partial charge in [-0.25, -0.2) is 13.4 Å². The number of sulfonamides is 1. The molecule has 5 nitrogen and oxygen atoms in total. The van der Waals surface area contributed by atoms with Crippen molar-refractivity contribution in [2.24, 2.45) is 0 Å². The number of halogens is 1. The molecular weight excluding hydrogens is 330 g/mol. The van der Waals surface area contributed by atoms with E-state index in [1.807, 2.05) is 0 Å². The van der Waals surface area contributed by atoms with E-state index in [4.69, 9.17) is 17.3 Å². The summed E-state index contributed by atoms with van der Waals surface area (Å²) in [6.45, 7) is 0. The average Bonchev–Trinajstić information content (AvgIpc) is 2.80. The summed E-state index contributed by atoms with van der Waals surface area (Å²) < 4.78 is 27.8. The highest BCUT2D eigenvalue weighted by Gasteiger charge is 2.15. The van der Waals surface area contributed by atoms with E-state index in [1.165, 1.54) is 29.5 Å². The zero-order valence-electron chi connectivity index (χ0n) is 10.6. The number of aromatic nitrogens is 1. The van der Waals surface area contributed by atoms with Crippen LogP contribution in [0, 0.1) is 0 Å². The third-order valence-electron chi connectivity index (χ3n) is 2.77. The van der Waals surface area contributed by atoms with Crippen molar-refractivity contribution in [1.29, 1.82) is 0 Å². The van der Waals surface area contributed by atoms with E-state index in [2.05, 4.69) is 9.71 Å². The summed E-state index contributed by atoms with van der Waals surface area (Å²) in [5, 5.41) is 0.737. The van der Waals surface area contributed by atoms with E-state index in [-0.39, 0.29) is 4.90 Å². The smallest absolute Gasteiger partial charge is 0.261 e. The minimum atomic E-state index is -3.65. The predicted octanol–water partition coefficient (Wildman–Crippen LogP) is 3.33. The van der Waals surface area contributed by atoms with Crippen LogP contribution in [0.15, 0.2) is 47.4 Å². The molecule has 1 aromatic heterocycles. The van der Waals surface area contributed by atoms with Gasteiger partial charge >= 0.3 is 0 Å². The van der Waals surface area contributed by atoms with Crippen molar-refractivity contribution in [1.82, 2.24) is 4.98 Å². The predicted molar refractivity (Wildman–Crippen MR) is 86.3 cm³/mol. The molecule has 0 aliphatic heterocycles. The molecule has 1 heterocycles. The van der Waals surface area contributed by atoms with E-state index in [0.29, 0.717) is 21.4 Å². The fraction of sp³-hybridized carbons (Fsp3) is 0. The van der Waals surface area contributed by atoms with Gasteiger partial charge in [-0.05, 0) is 24.3 Å². The molecule has 0 saturated heterocycles. The van der Waals surface area contributed by atoms with Gasteiger partial charge in [-0.3, -0.25) is 4.72 Å². The molecule has 0 amide bonds. The van der Waals surface area contributed by atoms with E-state index >= 15 is 0 Å². The zero-order chi connectivity index (χ0) is 15.0. The Morgan fingerprint density at radius 3 is 2.62 bits per heavy atom. The van der Waals surface area contributed by atoms with E-state index < -0.39 is 10.0 Å². The number of nitrogens with two attached hydrogens (primary N) is 1. The fourth-order valence-corrected chi connectivity index (χ4v) is 4.06. The molecule has 0 bridgehead atoms. The van der Waals surface area contributed by atoms with Crippen molar-refractivity contribution >= 4 is 54.0 Å². The average molecular weight is 340 g/mol. The SMILES string of the molecule is Nc1nc2c(Cl)cc(NS(=O)(=O)c3ccccc3)cc2s1. The Balaban J connectivity index is 2.02. The maximum atomic E-state index is 12.3. The molecule has 3 rings (SSSR count). The molecule has 0 radical (unpaired) electrons. The van der Waals surface area contributed by atoms with Crippen molar-refractivity contribution in [3.8, 4) is 0 Å². The lowest BCUT2D eigenvalue weighted by atomic mass is 10.3. The molecule has 3 aromatic rings. The highest BCUT2D eigenvalue weighted by molar-refractivity contribution is 7.92. The third-order valence-corrected chi connectivity index (χ3v) is 5.29. The first-order valence-corrected chi connectivity index (χ1v) is 8.57. The summed E-state index contributed by atoms with van der Waals surface area (Å²) in [4.78, 5) is 4.28. The Morgan fingerprint density at radius 1 is 1.19 bits per heavy atom. The summed E-state index contributed by atoms with van der Waals surface area (Å²) in [5.41, 5.74) is 6.58. The Bertz CT molecular complexity index is 908. The van der Waals surface area contributed by atoms with Crippen LogP contribution in [0.4, 0.5) is 10.8 Å². The highest BCUT2D eigenvalue weighted by Crippen LogP contribution is 2.33. The summed E-state index contributed by atoms with van der Waals surface area (Å²) >= 11 is 7.35. The number of rotatable bonds is 3.